The van der Waals surface area contributed by atoms with Gasteiger partial charge in [0, 0.05) is 0 Å². The Morgan fingerprint density at radius 1 is 1.00 bits per heavy atom. The number of hydrogen-bond acceptors (Lipinski definition) is 2. The molecule has 0 spiro atoms. The van der Waals surface area contributed by atoms with Gasteiger partial charge in [-0.25, -0.2) is 0 Å². The van der Waals surface area contributed by atoms with E-state index in [0.717, 1.165) is 0 Å². The number of nitrogens with zero attached hydrogens (tertiary/aromatic N) is 2. The van der Waals surface area contributed by atoms with Crippen molar-refractivity contribution in [3.63, 3.8) is 0 Å². The zero-order chi connectivity index (χ0) is 6.73. The van der Waals surface area contributed by atoms with E-state index < -0.39 is 0 Å². The largest absolute Gasteiger partial charge is 0.309 e. The molecule has 0 fully saturated rings. The van der Waals surface area contributed by atoms with E-state index >= 15 is 0 Å². The minimum absolute atomic E-state index is 0.454. The molecule has 46 valence electrons. The van der Waals surface area contributed by atoms with Gasteiger partial charge in [-0.1, -0.05) is 0 Å². The minimum atomic E-state index is 0.454. The molecule has 0 aliphatic carbocycles. The van der Waals surface area contributed by atoms with Crippen LogP contribution in [0.3, 0.4) is 0 Å². The summed E-state index contributed by atoms with van der Waals surface area (Å²) in [6, 6.07) is 0. The third kappa shape index (κ3) is 2.69. The summed E-state index contributed by atoms with van der Waals surface area (Å²) in [6.07, 6.45) is 0. The average Bonchev–Trinajstić information content (AvgIpc) is 1.64. The molecule has 0 aromatic carbocycles. The SMILES string of the molecule is CN(C)[CH]([Al])N(C)C. The van der Waals surface area contributed by atoms with Crippen LogP contribution in [-0.2, 0) is 0 Å². The molecule has 2 nitrogen and oxygen atoms in total. The van der Waals surface area contributed by atoms with E-state index in [9.17, 15) is 0 Å². The van der Waals surface area contributed by atoms with Gasteiger partial charge in [0.1, 0.15) is 0 Å². The van der Waals surface area contributed by atoms with E-state index in [-0.39, 0.29) is 0 Å². The third-order valence-electron chi connectivity index (χ3n) is 1.06. The first-order valence-corrected chi connectivity index (χ1v) is 3.31. The Morgan fingerprint density at radius 3 is 1.25 bits per heavy atom. The van der Waals surface area contributed by atoms with Crippen LogP contribution in [0.5, 0.6) is 0 Å². The molecular formula is C5H13AlN2. The van der Waals surface area contributed by atoms with Gasteiger partial charge in [-0.3, -0.25) is 0 Å². The Labute approximate surface area is 59.9 Å². The second-order valence-electron chi connectivity index (χ2n) is 2.34. The van der Waals surface area contributed by atoms with Crippen molar-refractivity contribution in [3.8, 4) is 0 Å². The highest BCUT2D eigenvalue weighted by molar-refractivity contribution is 6.11. The highest BCUT2D eigenvalue weighted by Crippen LogP contribution is 1.87. The highest BCUT2D eigenvalue weighted by Gasteiger charge is 2.02. The molecule has 0 saturated carbocycles. The van der Waals surface area contributed by atoms with Gasteiger partial charge in [-0.2, -0.15) is 0 Å². The molecule has 0 aliphatic heterocycles. The van der Waals surface area contributed by atoms with E-state index in [2.05, 4.69) is 54.3 Å². The first-order chi connectivity index (χ1) is 3.55. The molecule has 0 N–H and O–H groups in total. The van der Waals surface area contributed by atoms with Crippen LogP contribution in [0.1, 0.15) is 0 Å². The quantitative estimate of drug-likeness (QED) is 0.367. The lowest BCUT2D eigenvalue weighted by Gasteiger charge is -2.27. The van der Waals surface area contributed by atoms with E-state index in [0.29, 0.717) is 5.03 Å². The normalized spacial score (nSPS) is 11.9. The molecule has 0 saturated heterocycles. The monoisotopic (exact) mass is 128 g/mol. The Kier molecular flexibility index (Phi) is 3.67. The van der Waals surface area contributed by atoms with E-state index in [1.54, 1.807) is 0 Å². The number of hydrogen-bond donors (Lipinski definition) is 0. The van der Waals surface area contributed by atoms with Gasteiger partial charge < -0.3 is 9.80 Å². The maximum atomic E-state index is 2.74. The van der Waals surface area contributed by atoms with Crippen LogP contribution >= 0.6 is 0 Å². The predicted molar refractivity (Wildman–Crippen MR) is 36.9 cm³/mol. The molecular weight excluding hydrogens is 115 g/mol. The maximum Gasteiger partial charge on any atom is 0.175 e. The Morgan fingerprint density at radius 2 is 1.25 bits per heavy atom. The van der Waals surface area contributed by atoms with Gasteiger partial charge in [-0.05, 0) is 33.2 Å². The zero-order valence-corrected chi connectivity index (χ0v) is 7.20. The second-order valence-corrected chi connectivity index (χ2v) is 2.94. The summed E-state index contributed by atoms with van der Waals surface area (Å²) in [6.45, 7) is 0. The molecule has 0 amide bonds. The fourth-order valence-corrected chi connectivity index (χ4v) is 0.462. The van der Waals surface area contributed by atoms with Gasteiger partial charge in [0.2, 0.25) is 0 Å². The van der Waals surface area contributed by atoms with Crippen molar-refractivity contribution in [2.75, 3.05) is 28.2 Å². The van der Waals surface area contributed by atoms with Crippen LogP contribution in [0.15, 0.2) is 0 Å². The molecule has 0 aromatic rings. The molecule has 0 aromatic heterocycles. The van der Waals surface area contributed by atoms with Crippen LogP contribution in [0.2, 0.25) is 0 Å². The topological polar surface area (TPSA) is 6.48 Å². The summed E-state index contributed by atoms with van der Waals surface area (Å²) in [7, 11) is 8.21. The molecule has 0 bridgehead atoms. The molecule has 0 aliphatic rings. The van der Waals surface area contributed by atoms with Crippen molar-refractivity contribution in [2.24, 2.45) is 0 Å². The molecule has 0 unspecified atom stereocenters. The smallest absolute Gasteiger partial charge is 0.175 e. The second kappa shape index (κ2) is 3.47. The Hall–Kier alpha value is 0.452. The van der Waals surface area contributed by atoms with Crippen LogP contribution < -0.4 is 0 Å². The van der Waals surface area contributed by atoms with Crippen LogP contribution in [-0.4, -0.2) is 59.3 Å². The fraction of sp³-hybridized carbons (Fsp3) is 1.00. The van der Waals surface area contributed by atoms with Crippen LogP contribution in [0, 0.1) is 0 Å². The summed E-state index contributed by atoms with van der Waals surface area (Å²) in [5, 5.41) is 0.454. The van der Waals surface area contributed by atoms with Gasteiger partial charge in [-0.15, -0.1) is 0 Å². The van der Waals surface area contributed by atoms with Crippen molar-refractivity contribution in [1.82, 2.24) is 9.80 Å². The van der Waals surface area contributed by atoms with Crippen molar-refractivity contribution < 1.29 is 0 Å². The minimum Gasteiger partial charge on any atom is -0.309 e. The van der Waals surface area contributed by atoms with E-state index in [4.69, 9.17) is 0 Å². The summed E-state index contributed by atoms with van der Waals surface area (Å²) < 4.78 is 0. The Balaban J connectivity index is 3.46. The summed E-state index contributed by atoms with van der Waals surface area (Å²) in [5.74, 6) is 0. The molecule has 0 atom stereocenters. The van der Waals surface area contributed by atoms with E-state index in [1.165, 1.54) is 0 Å². The van der Waals surface area contributed by atoms with Crippen molar-refractivity contribution in [1.29, 1.82) is 0 Å². The lowest BCUT2D eigenvalue weighted by molar-refractivity contribution is 0.204. The molecule has 3 heteroatoms. The van der Waals surface area contributed by atoms with Gasteiger partial charge in [0.25, 0.3) is 0 Å². The molecule has 0 heterocycles. The van der Waals surface area contributed by atoms with Crippen LogP contribution in [0.4, 0.5) is 0 Å². The molecule has 0 rings (SSSR count). The highest BCUT2D eigenvalue weighted by atomic mass is 27.0. The van der Waals surface area contributed by atoms with Crippen molar-refractivity contribution >= 4 is 16.3 Å². The fourth-order valence-electron chi connectivity index (χ4n) is 0.462. The lowest BCUT2D eigenvalue weighted by atomic mass is 10.8. The van der Waals surface area contributed by atoms with Crippen molar-refractivity contribution in [2.45, 2.75) is 5.03 Å². The summed E-state index contributed by atoms with van der Waals surface area (Å²) in [5.41, 5.74) is 0. The van der Waals surface area contributed by atoms with E-state index in [1.807, 2.05) is 0 Å². The standard InChI is InChI=1S/C5H13N2.Al/c1-6(2)5-7(3)4;/h5H,1-4H3;. The van der Waals surface area contributed by atoms with Crippen LogP contribution in [0.25, 0.3) is 0 Å². The average molecular weight is 128 g/mol. The molecule has 2 radical (unpaired) electrons. The third-order valence-corrected chi connectivity index (χ3v) is 2.25. The first-order valence-electron chi connectivity index (χ1n) is 2.64. The summed E-state index contributed by atoms with van der Waals surface area (Å²) >= 11 is 2.74. The first kappa shape index (κ1) is 8.45. The predicted octanol–water partition coefficient (Wildman–Crippen LogP) is -0.438. The Bertz CT molecular complexity index is 55.4. The maximum absolute atomic E-state index is 2.74. The summed E-state index contributed by atoms with van der Waals surface area (Å²) in [4.78, 5) is 4.26. The molecule has 8 heavy (non-hydrogen) atoms. The van der Waals surface area contributed by atoms with Gasteiger partial charge >= 0.3 is 0 Å². The lowest BCUT2D eigenvalue weighted by Crippen LogP contribution is -2.40. The zero-order valence-electron chi connectivity index (χ0n) is 6.05. The number of rotatable bonds is 2. The van der Waals surface area contributed by atoms with Gasteiger partial charge in [0.05, 0.1) is 0 Å². The van der Waals surface area contributed by atoms with Gasteiger partial charge in [0.15, 0.2) is 16.3 Å². The van der Waals surface area contributed by atoms with Crippen molar-refractivity contribution in [3.05, 3.63) is 0 Å².